The van der Waals surface area contributed by atoms with E-state index in [0.29, 0.717) is 43.2 Å². The molecule has 1 saturated heterocycles. The van der Waals surface area contributed by atoms with Gasteiger partial charge in [0.1, 0.15) is 11.9 Å². The van der Waals surface area contributed by atoms with Crippen molar-refractivity contribution in [3.63, 3.8) is 0 Å². The minimum atomic E-state index is -0.117. The Hall–Kier alpha value is -2.73. The lowest BCUT2D eigenvalue weighted by atomic mass is 9.96. The molecular formula is C23H26ClN3O3. The number of rotatable bonds is 3. The third-order valence-corrected chi connectivity index (χ3v) is 5.99. The largest absolute Gasteiger partial charge is 0.486 e. The summed E-state index contributed by atoms with van der Waals surface area (Å²) < 4.78 is 5.99. The highest BCUT2D eigenvalue weighted by atomic mass is 35.5. The molecule has 0 spiro atoms. The molecule has 158 valence electrons. The van der Waals surface area contributed by atoms with Gasteiger partial charge in [0.15, 0.2) is 0 Å². The summed E-state index contributed by atoms with van der Waals surface area (Å²) in [6.45, 7) is 3.72. The van der Waals surface area contributed by atoms with Crippen molar-refractivity contribution in [2.75, 3.05) is 29.9 Å². The van der Waals surface area contributed by atoms with E-state index >= 15 is 0 Å². The second-order valence-corrected chi connectivity index (χ2v) is 8.21. The van der Waals surface area contributed by atoms with Crippen molar-refractivity contribution >= 4 is 34.9 Å². The smallest absolute Gasteiger partial charge is 0.324 e. The highest BCUT2D eigenvalue weighted by Gasteiger charge is 2.34. The van der Waals surface area contributed by atoms with Crippen LogP contribution in [0.1, 0.15) is 26.2 Å². The Morgan fingerprint density at radius 2 is 1.90 bits per heavy atom. The van der Waals surface area contributed by atoms with Crippen LogP contribution in [0.2, 0.25) is 5.02 Å². The molecule has 1 N–H and O–H groups in total. The molecule has 2 aliphatic rings. The summed E-state index contributed by atoms with van der Waals surface area (Å²) in [5, 5.41) is 3.52. The fourth-order valence-electron chi connectivity index (χ4n) is 4.01. The Bertz CT molecular complexity index is 927. The minimum Gasteiger partial charge on any atom is -0.486 e. The average molecular weight is 428 g/mol. The van der Waals surface area contributed by atoms with Gasteiger partial charge in [-0.2, -0.15) is 0 Å². The number of hydrogen-bond donors (Lipinski definition) is 1. The van der Waals surface area contributed by atoms with Crippen molar-refractivity contribution in [3.05, 3.63) is 53.6 Å². The number of anilines is 2. The molecular weight excluding hydrogens is 402 g/mol. The number of ether oxygens (including phenoxy) is 1. The molecule has 0 radical (unpaired) electrons. The average Bonchev–Trinajstić information content (AvgIpc) is 2.78. The van der Waals surface area contributed by atoms with Gasteiger partial charge in [-0.1, -0.05) is 36.7 Å². The van der Waals surface area contributed by atoms with Crippen LogP contribution in [0, 0.1) is 5.92 Å². The van der Waals surface area contributed by atoms with Crippen LogP contribution in [0.5, 0.6) is 5.75 Å². The first-order valence-corrected chi connectivity index (χ1v) is 10.8. The van der Waals surface area contributed by atoms with E-state index in [-0.39, 0.29) is 24.0 Å². The second-order valence-electron chi connectivity index (χ2n) is 7.77. The van der Waals surface area contributed by atoms with E-state index in [4.69, 9.17) is 16.3 Å². The molecule has 2 heterocycles. The zero-order chi connectivity index (χ0) is 21.1. The molecule has 4 rings (SSSR count). The predicted molar refractivity (Wildman–Crippen MR) is 118 cm³/mol. The number of urea groups is 1. The van der Waals surface area contributed by atoms with Gasteiger partial charge < -0.3 is 15.0 Å². The Morgan fingerprint density at radius 3 is 2.63 bits per heavy atom. The number of nitrogens with zero attached hydrogens (tertiary/aromatic N) is 2. The van der Waals surface area contributed by atoms with Gasteiger partial charge in [-0.25, -0.2) is 4.79 Å². The number of likely N-dealkylation sites (tertiary alicyclic amines) is 1. The first-order chi connectivity index (χ1) is 14.5. The number of hydrogen-bond acceptors (Lipinski definition) is 3. The van der Waals surface area contributed by atoms with Crippen molar-refractivity contribution in [1.29, 1.82) is 0 Å². The molecule has 2 aliphatic heterocycles. The first kappa shape index (κ1) is 20.5. The van der Waals surface area contributed by atoms with Gasteiger partial charge in [0, 0.05) is 29.7 Å². The van der Waals surface area contributed by atoms with Crippen molar-refractivity contribution in [2.45, 2.75) is 32.3 Å². The maximum Gasteiger partial charge on any atom is 0.324 e. The van der Waals surface area contributed by atoms with Crippen molar-refractivity contribution in [1.82, 2.24) is 4.90 Å². The molecule has 2 aromatic rings. The number of fused-ring (bicyclic) bond motifs is 1. The lowest BCUT2D eigenvalue weighted by Crippen LogP contribution is -2.52. The van der Waals surface area contributed by atoms with Crippen LogP contribution in [-0.2, 0) is 4.79 Å². The van der Waals surface area contributed by atoms with Crippen LogP contribution in [0.25, 0.3) is 0 Å². The molecule has 0 bridgehead atoms. The summed E-state index contributed by atoms with van der Waals surface area (Å²) in [7, 11) is 0. The number of para-hydroxylation sites is 2. The Kier molecular flexibility index (Phi) is 6.13. The van der Waals surface area contributed by atoms with Crippen LogP contribution in [0.3, 0.4) is 0 Å². The highest BCUT2D eigenvalue weighted by molar-refractivity contribution is 6.30. The normalized spacial score (nSPS) is 19.1. The van der Waals surface area contributed by atoms with E-state index in [1.807, 2.05) is 46.2 Å². The molecule has 0 aliphatic carbocycles. The van der Waals surface area contributed by atoms with Gasteiger partial charge in [0.2, 0.25) is 5.91 Å². The Morgan fingerprint density at radius 1 is 1.13 bits per heavy atom. The van der Waals surface area contributed by atoms with Gasteiger partial charge >= 0.3 is 6.03 Å². The number of carbonyl (C=O) groups is 2. The number of halogens is 1. The zero-order valence-electron chi connectivity index (χ0n) is 17.0. The maximum atomic E-state index is 13.3. The number of benzene rings is 2. The fraction of sp³-hybridized carbons (Fsp3) is 0.391. The van der Waals surface area contributed by atoms with Crippen molar-refractivity contribution < 1.29 is 14.3 Å². The maximum absolute atomic E-state index is 13.3. The molecule has 6 nitrogen and oxygen atoms in total. The van der Waals surface area contributed by atoms with E-state index in [2.05, 4.69) is 12.2 Å². The first-order valence-electron chi connectivity index (χ1n) is 10.4. The third kappa shape index (κ3) is 4.38. The van der Waals surface area contributed by atoms with Crippen LogP contribution in [0.15, 0.2) is 48.5 Å². The molecule has 0 aromatic heterocycles. The topological polar surface area (TPSA) is 61.9 Å². The summed E-state index contributed by atoms with van der Waals surface area (Å²) in [5.74, 6) is 0.611. The molecule has 7 heteroatoms. The van der Waals surface area contributed by atoms with Gasteiger partial charge in [-0.05, 0) is 49.6 Å². The molecule has 3 amide bonds. The molecule has 0 unspecified atom stereocenters. The lowest BCUT2D eigenvalue weighted by molar-refractivity contribution is -0.121. The number of nitrogens with one attached hydrogen (secondary N) is 1. The standard InChI is InChI=1S/C23H26ClN3O3/c1-2-19-15-27(20-8-3-4-9-21(20)30-19)23(29)26-12-10-16(11-13-26)22(28)25-18-7-5-6-17(24)14-18/h3-9,14,16,19H,2,10-13,15H2,1H3,(H,25,28)/t19-/m0/s1. The van der Waals surface area contributed by atoms with Crippen molar-refractivity contribution in [2.24, 2.45) is 5.92 Å². The van der Waals surface area contributed by atoms with Gasteiger partial charge in [0.25, 0.3) is 0 Å². The van der Waals surface area contributed by atoms with E-state index in [0.717, 1.165) is 17.9 Å². The second kappa shape index (κ2) is 8.96. The number of amides is 3. The van der Waals surface area contributed by atoms with Gasteiger partial charge in [-0.3, -0.25) is 9.69 Å². The summed E-state index contributed by atoms with van der Waals surface area (Å²) in [6, 6.07) is 14.8. The monoisotopic (exact) mass is 427 g/mol. The molecule has 0 saturated carbocycles. The number of carbonyl (C=O) groups excluding carboxylic acids is 2. The van der Waals surface area contributed by atoms with E-state index in [1.54, 1.807) is 12.1 Å². The molecule has 2 aromatic carbocycles. The van der Waals surface area contributed by atoms with Crippen LogP contribution >= 0.6 is 11.6 Å². The van der Waals surface area contributed by atoms with Crippen LogP contribution in [-0.4, -0.2) is 42.6 Å². The molecule has 1 fully saturated rings. The van der Waals surface area contributed by atoms with Gasteiger partial charge in [-0.15, -0.1) is 0 Å². The number of piperidine rings is 1. The third-order valence-electron chi connectivity index (χ3n) is 5.75. The molecule has 1 atom stereocenters. The molecule has 30 heavy (non-hydrogen) atoms. The van der Waals surface area contributed by atoms with Crippen molar-refractivity contribution in [3.8, 4) is 5.75 Å². The van der Waals surface area contributed by atoms with Gasteiger partial charge in [0.05, 0.1) is 12.2 Å². The van der Waals surface area contributed by atoms with E-state index in [1.165, 1.54) is 0 Å². The summed E-state index contributed by atoms with van der Waals surface area (Å²) >= 11 is 5.99. The predicted octanol–water partition coefficient (Wildman–Crippen LogP) is 4.79. The quantitative estimate of drug-likeness (QED) is 0.766. The zero-order valence-corrected chi connectivity index (χ0v) is 17.8. The Balaban J connectivity index is 1.38. The lowest BCUT2D eigenvalue weighted by Gasteiger charge is -2.39. The van der Waals surface area contributed by atoms with E-state index in [9.17, 15) is 9.59 Å². The van der Waals surface area contributed by atoms with E-state index < -0.39 is 0 Å². The summed E-state index contributed by atoms with van der Waals surface area (Å²) in [6.07, 6.45) is 2.11. The van der Waals surface area contributed by atoms with Crippen LogP contribution < -0.4 is 15.0 Å². The Labute approximate surface area is 181 Å². The fourth-order valence-corrected chi connectivity index (χ4v) is 4.20. The highest BCUT2D eigenvalue weighted by Crippen LogP contribution is 2.35. The summed E-state index contributed by atoms with van der Waals surface area (Å²) in [4.78, 5) is 29.5. The van der Waals surface area contributed by atoms with Crippen LogP contribution in [0.4, 0.5) is 16.2 Å². The SMILES string of the molecule is CC[C@H]1CN(C(=O)N2CCC(C(=O)Nc3cccc(Cl)c3)CC2)c2ccccc2O1. The minimum absolute atomic E-state index is 0.00939. The summed E-state index contributed by atoms with van der Waals surface area (Å²) in [5.41, 5.74) is 1.51.